The van der Waals surface area contributed by atoms with Gasteiger partial charge in [-0.15, -0.1) is 0 Å². The maximum absolute atomic E-state index is 13.4. The van der Waals surface area contributed by atoms with E-state index in [4.69, 9.17) is 10.5 Å². The summed E-state index contributed by atoms with van der Waals surface area (Å²) in [4.78, 5) is 11.7. The first-order chi connectivity index (χ1) is 10.6. The molecule has 2 aromatic carbocycles. The first-order valence-corrected chi connectivity index (χ1v) is 6.79. The van der Waals surface area contributed by atoms with Crippen LogP contribution in [-0.2, 0) is 4.79 Å². The van der Waals surface area contributed by atoms with Crippen molar-refractivity contribution in [3.8, 4) is 5.75 Å². The topological polar surface area (TPSA) is 64.3 Å². The van der Waals surface area contributed by atoms with Crippen molar-refractivity contribution < 1.29 is 18.3 Å². The van der Waals surface area contributed by atoms with E-state index < -0.39 is 23.2 Å². The second-order valence-corrected chi connectivity index (χ2v) is 4.63. The molecule has 2 rings (SSSR count). The molecule has 0 heterocycles. The lowest BCUT2D eigenvalue weighted by molar-refractivity contribution is -0.116. The lowest BCUT2D eigenvalue weighted by Gasteiger charge is -2.09. The lowest BCUT2D eigenvalue weighted by Crippen LogP contribution is -2.15. The maximum Gasteiger partial charge on any atom is 0.224 e. The molecule has 0 aliphatic rings. The number of ether oxygens (including phenoxy) is 1. The van der Waals surface area contributed by atoms with Crippen molar-refractivity contribution in [3.05, 3.63) is 54.1 Å². The van der Waals surface area contributed by atoms with Gasteiger partial charge in [0.05, 0.1) is 12.3 Å². The zero-order valence-electron chi connectivity index (χ0n) is 11.8. The number of benzene rings is 2. The second kappa shape index (κ2) is 7.40. The Morgan fingerprint density at radius 2 is 1.77 bits per heavy atom. The number of anilines is 2. The molecule has 1 amide bonds. The van der Waals surface area contributed by atoms with E-state index in [9.17, 15) is 13.6 Å². The number of hydrogen-bond acceptors (Lipinski definition) is 3. The van der Waals surface area contributed by atoms with Gasteiger partial charge in [-0.1, -0.05) is 18.2 Å². The number of rotatable bonds is 6. The first kappa shape index (κ1) is 15.8. The zero-order chi connectivity index (χ0) is 15.9. The van der Waals surface area contributed by atoms with Gasteiger partial charge in [-0.05, 0) is 30.7 Å². The van der Waals surface area contributed by atoms with E-state index in [1.807, 2.05) is 0 Å². The molecule has 116 valence electrons. The summed E-state index contributed by atoms with van der Waals surface area (Å²) in [6, 6.07) is 10.4. The molecule has 0 atom stereocenters. The van der Waals surface area contributed by atoms with Crippen molar-refractivity contribution in [1.82, 2.24) is 0 Å². The van der Waals surface area contributed by atoms with Crippen molar-refractivity contribution in [1.29, 1.82) is 0 Å². The summed E-state index contributed by atoms with van der Waals surface area (Å²) in [5.74, 6) is -1.54. The fraction of sp³-hybridized carbons (Fsp3) is 0.188. The molecule has 2 aromatic rings. The quantitative estimate of drug-likeness (QED) is 0.635. The average Bonchev–Trinajstić information content (AvgIpc) is 2.49. The van der Waals surface area contributed by atoms with Crippen molar-refractivity contribution >= 4 is 17.3 Å². The van der Waals surface area contributed by atoms with E-state index in [1.165, 1.54) is 6.07 Å². The number of amides is 1. The molecule has 0 aliphatic carbocycles. The van der Waals surface area contributed by atoms with E-state index in [-0.39, 0.29) is 13.0 Å². The Kier molecular flexibility index (Phi) is 5.30. The third-order valence-electron chi connectivity index (χ3n) is 2.95. The van der Waals surface area contributed by atoms with Crippen molar-refractivity contribution in [3.63, 3.8) is 0 Å². The molecule has 4 nitrogen and oxygen atoms in total. The van der Waals surface area contributed by atoms with Gasteiger partial charge in [0.2, 0.25) is 5.91 Å². The number of halogens is 2. The standard InChI is InChI=1S/C16H16F2N2O2/c17-11-5-3-6-12(18)16(11)20-15(21)9-4-10-22-14-8-2-1-7-13(14)19/h1-3,5-8H,4,9-10,19H2,(H,20,21). The van der Waals surface area contributed by atoms with Crippen LogP contribution in [0.3, 0.4) is 0 Å². The molecule has 0 unspecified atom stereocenters. The van der Waals surface area contributed by atoms with Crippen LogP contribution in [0.5, 0.6) is 5.75 Å². The maximum atomic E-state index is 13.4. The van der Waals surface area contributed by atoms with Gasteiger partial charge in [-0.25, -0.2) is 8.78 Å². The molecule has 22 heavy (non-hydrogen) atoms. The number of carbonyl (C=O) groups excluding carboxylic acids is 1. The van der Waals surface area contributed by atoms with Gasteiger partial charge < -0.3 is 15.8 Å². The van der Waals surface area contributed by atoms with Crippen LogP contribution in [0.4, 0.5) is 20.2 Å². The summed E-state index contributed by atoms with van der Waals surface area (Å²) < 4.78 is 32.2. The minimum Gasteiger partial charge on any atom is -0.491 e. The predicted molar refractivity (Wildman–Crippen MR) is 80.6 cm³/mol. The van der Waals surface area contributed by atoms with Crippen LogP contribution < -0.4 is 15.8 Å². The molecule has 0 aromatic heterocycles. The summed E-state index contributed by atoms with van der Waals surface area (Å²) in [5, 5.41) is 2.22. The van der Waals surface area contributed by atoms with Gasteiger partial charge in [0.25, 0.3) is 0 Å². The number of nitrogens with one attached hydrogen (secondary N) is 1. The molecule has 0 radical (unpaired) electrons. The average molecular weight is 306 g/mol. The van der Waals surface area contributed by atoms with Crippen LogP contribution in [0, 0.1) is 11.6 Å². The Morgan fingerprint density at radius 1 is 1.09 bits per heavy atom. The van der Waals surface area contributed by atoms with E-state index in [1.54, 1.807) is 24.3 Å². The number of carbonyl (C=O) groups is 1. The largest absolute Gasteiger partial charge is 0.491 e. The number of nitrogen functional groups attached to an aromatic ring is 1. The van der Waals surface area contributed by atoms with Crippen molar-refractivity contribution in [2.75, 3.05) is 17.7 Å². The van der Waals surface area contributed by atoms with Gasteiger partial charge in [0, 0.05) is 6.42 Å². The van der Waals surface area contributed by atoms with Crippen LogP contribution in [0.2, 0.25) is 0 Å². The molecule has 0 bridgehead atoms. The molecule has 0 fully saturated rings. The zero-order valence-corrected chi connectivity index (χ0v) is 11.8. The lowest BCUT2D eigenvalue weighted by atomic mass is 10.2. The minimum atomic E-state index is -0.804. The highest BCUT2D eigenvalue weighted by atomic mass is 19.1. The highest BCUT2D eigenvalue weighted by Crippen LogP contribution is 2.20. The highest BCUT2D eigenvalue weighted by molar-refractivity contribution is 5.90. The molecule has 0 saturated carbocycles. The van der Waals surface area contributed by atoms with Crippen molar-refractivity contribution in [2.24, 2.45) is 0 Å². The van der Waals surface area contributed by atoms with E-state index in [0.717, 1.165) is 12.1 Å². The number of nitrogens with two attached hydrogens (primary N) is 1. The fourth-order valence-electron chi connectivity index (χ4n) is 1.85. The fourth-order valence-corrected chi connectivity index (χ4v) is 1.85. The molecular formula is C16H16F2N2O2. The van der Waals surface area contributed by atoms with Crippen molar-refractivity contribution in [2.45, 2.75) is 12.8 Å². The van der Waals surface area contributed by atoms with Gasteiger partial charge in [0.1, 0.15) is 23.1 Å². The van der Waals surface area contributed by atoms with Crippen LogP contribution in [0.1, 0.15) is 12.8 Å². The predicted octanol–water partition coefficient (Wildman–Crippen LogP) is 3.34. The van der Waals surface area contributed by atoms with E-state index >= 15 is 0 Å². The van der Waals surface area contributed by atoms with Crippen LogP contribution in [0.15, 0.2) is 42.5 Å². The molecule has 0 spiro atoms. The minimum absolute atomic E-state index is 0.0838. The summed E-state index contributed by atoms with van der Waals surface area (Å²) in [5.41, 5.74) is 5.79. The Labute approximate surface area is 126 Å². The monoisotopic (exact) mass is 306 g/mol. The Morgan fingerprint density at radius 3 is 2.45 bits per heavy atom. The second-order valence-electron chi connectivity index (χ2n) is 4.63. The van der Waals surface area contributed by atoms with Crippen LogP contribution in [0.25, 0.3) is 0 Å². The first-order valence-electron chi connectivity index (χ1n) is 6.79. The van der Waals surface area contributed by atoms with Gasteiger partial charge in [-0.3, -0.25) is 4.79 Å². The Bertz CT molecular complexity index is 642. The van der Waals surface area contributed by atoms with E-state index in [2.05, 4.69) is 5.32 Å². The smallest absolute Gasteiger partial charge is 0.224 e. The number of para-hydroxylation sites is 3. The Hall–Kier alpha value is -2.63. The normalized spacial score (nSPS) is 10.3. The van der Waals surface area contributed by atoms with Gasteiger partial charge in [0.15, 0.2) is 0 Å². The third-order valence-corrected chi connectivity index (χ3v) is 2.95. The summed E-state index contributed by atoms with van der Waals surface area (Å²) in [6.07, 6.45) is 0.483. The molecular weight excluding hydrogens is 290 g/mol. The Balaban J connectivity index is 1.78. The summed E-state index contributed by atoms with van der Waals surface area (Å²) in [7, 11) is 0. The van der Waals surface area contributed by atoms with E-state index in [0.29, 0.717) is 17.9 Å². The molecule has 6 heteroatoms. The highest BCUT2D eigenvalue weighted by Gasteiger charge is 2.11. The summed E-state index contributed by atoms with van der Waals surface area (Å²) in [6.45, 7) is 0.279. The number of hydrogen-bond donors (Lipinski definition) is 2. The third kappa shape index (κ3) is 4.18. The van der Waals surface area contributed by atoms with Gasteiger partial charge in [-0.2, -0.15) is 0 Å². The molecule has 3 N–H and O–H groups in total. The molecule has 0 saturated heterocycles. The van der Waals surface area contributed by atoms with Crippen LogP contribution >= 0.6 is 0 Å². The summed E-state index contributed by atoms with van der Waals surface area (Å²) >= 11 is 0. The molecule has 0 aliphatic heterocycles. The van der Waals surface area contributed by atoms with Gasteiger partial charge >= 0.3 is 0 Å². The SMILES string of the molecule is Nc1ccccc1OCCCC(=O)Nc1c(F)cccc1F. The van der Waals surface area contributed by atoms with Crippen LogP contribution in [-0.4, -0.2) is 12.5 Å².